The molecule has 12 unspecified atom stereocenters. The number of allylic oxidation sites excluding steroid dienone is 13. The molecule has 0 aliphatic carbocycles. The zero-order valence-corrected chi connectivity index (χ0v) is 46.3. The van der Waals surface area contributed by atoms with Gasteiger partial charge in [-0.3, -0.25) is 4.79 Å². The first-order chi connectivity index (χ1) is 36.6. The van der Waals surface area contributed by atoms with Gasteiger partial charge >= 0.3 is 0 Å². The van der Waals surface area contributed by atoms with Crippen LogP contribution >= 0.6 is 0 Å². The molecule has 2 rings (SSSR count). The Morgan fingerprint density at radius 1 is 0.493 bits per heavy atom. The molecule has 0 aromatic rings. The fourth-order valence-corrected chi connectivity index (χ4v) is 9.10. The van der Waals surface area contributed by atoms with Gasteiger partial charge in [0, 0.05) is 6.42 Å². The number of unbranched alkanes of at least 4 members (excludes halogenated alkanes) is 20. The number of aliphatic hydroxyl groups is 8. The number of hydrogen-bond acceptors (Lipinski definition) is 13. The molecule has 14 heteroatoms. The summed E-state index contributed by atoms with van der Waals surface area (Å²) in [6.45, 7) is 2.64. The lowest BCUT2D eigenvalue weighted by Crippen LogP contribution is -2.65. The van der Waals surface area contributed by atoms with Crippen molar-refractivity contribution < 1.29 is 64.6 Å². The van der Waals surface area contributed by atoms with Crippen LogP contribution in [0.2, 0.25) is 0 Å². The van der Waals surface area contributed by atoms with Crippen molar-refractivity contribution >= 4 is 5.91 Å². The lowest BCUT2D eigenvalue weighted by molar-refractivity contribution is -0.359. The molecule has 75 heavy (non-hydrogen) atoms. The SMILES string of the molecule is CC/C=C\C/C=C\C/C=C\C/C=C\C/C=C\CCCCCCCCCCCCCC(=O)NC(COC1OC(CO)C(OC2OC(CO)C(O)C(O)C2O)C(O)C1O)C(O)/C=C/CC/C=C/CCCCCCCCCC. The minimum atomic E-state index is -1.79. The Labute approximate surface area is 452 Å². The summed E-state index contributed by atoms with van der Waals surface area (Å²) in [6.07, 6.45) is 44.8. The van der Waals surface area contributed by atoms with Crippen LogP contribution in [0.15, 0.2) is 85.1 Å². The predicted octanol–water partition coefficient (Wildman–Crippen LogP) is 9.72. The van der Waals surface area contributed by atoms with Crippen LogP contribution in [0.4, 0.5) is 0 Å². The van der Waals surface area contributed by atoms with E-state index in [-0.39, 0.29) is 18.9 Å². The van der Waals surface area contributed by atoms with Gasteiger partial charge in [0.2, 0.25) is 5.91 Å². The first kappa shape index (κ1) is 68.3. The lowest BCUT2D eigenvalue weighted by Gasteiger charge is -2.46. The van der Waals surface area contributed by atoms with E-state index in [1.54, 1.807) is 6.08 Å². The second-order valence-electron chi connectivity index (χ2n) is 20.4. The van der Waals surface area contributed by atoms with Gasteiger partial charge in [-0.05, 0) is 77.0 Å². The molecule has 14 nitrogen and oxygen atoms in total. The van der Waals surface area contributed by atoms with Crippen LogP contribution in [-0.4, -0.2) is 140 Å². The van der Waals surface area contributed by atoms with E-state index in [9.17, 15) is 45.6 Å². The molecule has 0 radical (unpaired) electrons. The third-order valence-corrected chi connectivity index (χ3v) is 13.8. The van der Waals surface area contributed by atoms with Crippen LogP contribution in [0.1, 0.15) is 200 Å². The third kappa shape index (κ3) is 32.0. The quantitative estimate of drug-likeness (QED) is 0.0205. The van der Waals surface area contributed by atoms with E-state index < -0.39 is 86.8 Å². The molecule has 0 saturated carbocycles. The van der Waals surface area contributed by atoms with Crippen molar-refractivity contribution in [3.63, 3.8) is 0 Å². The number of aliphatic hydroxyl groups excluding tert-OH is 8. The predicted molar refractivity (Wildman–Crippen MR) is 300 cm³/mol. The molecule has 9 N–H and O–H groups in total. The molecule has 1 amide bonds. The van der Waals surface area contributed by atoms with Crippen molar-refractivity contribution in [2.24, 2.45) is 0 Å². The fourth-order valence-electron chi connectivity index (χ4n) is 9.10. The van der Waals surface area contributed by atoms with Crippen molar-refractivity contribution in [3.8, 4) is 0 Å². The Hall–Kier alpha value is -2.83. The highest BCUT2D eigenvalue weighted by Crippen LogP contribution is 2.30. The summed E-state index contributed by atoms with van der Waals surface area (Å²) in [5.74, 6) is -0.257. The van der Waals surface area contributed by atoms with E-state index in [4.69, 9.17) is 18.9 Å². The zero-order valence-electron chi connectivity index (χ0n) is 46.3. The summed E-state index contributed by atoms with van der Waals surface area (Å²) >= 11 is 0. The number of amides is 1. The molecule has 0 aromatic carbocycles. The molecule has 0 spiro atoms. The maximum absolute atomic E-state index is 13.2. The van der Waals surface area contributed by atoms with Crippen LogP contribution < -0.4 is 5.32 Å². The van der Waals surface area contributed by atoms with Gasteiger partial charge in [0.1, 0.15) is 48.8 Å². The summed E-state index contributed by atoms with van der Waals surface area (Å²) in [4.78, 5) is 13.2. The van der Waals surface area contributed by atoms with Crippen molar-refractivity contribution in [1.82, 2.24) is 5.32 Å². The van der Waals surface area contributed by atoms with E-state index in [0.717, 1.165) is 70.6 Å². The Kier molecular flexibility index (Phi) is 42.0. The fraction of sp³-hybridized carbons (Fsp3) is 0.754. The second-order valence-corrected chi connectivity index (χ2v) is 20.4. The maximum atomic E-state index is 13.2. The zero-order chi connectivity index (χ0) is 54.6. The van der Waals surface area contributed by atoms with Gasteiger partial charge in [0.25, 0.3) is 0 Å². The number of hydrogen-bond donors (Lipinski definition) is 9. The van der Waals surface area contributed by atoms with E-state index in [1.807, 2.05) is 6.08 Å². The number of ether oxygens (including phenoxy) is 4. The number of carbonyl (C=O) groups is 1. The van der Waals surface area contributed by atoms with Crippen LogP contribution in [0.25, 0.3) is 0 Å². The highest BCUT2D eigenvalue weighted by Gasteiger charge is 2.51. The van der Waals surface area contributed by atoms with Gasteiger partial charge in [-0.1, -0.05) is 202 Å². The minimum absolute atomic E-state index is 0.257. The Balaban J connectivity index is 1.74. The number of rotatable bonds is 45. The smallest absolute Gasteiger partial charge is 0.220 e. The van der Waals surface area contributed by atoms with Gasteiger partial charge in [0.05, 0.1) is 32.0 Å². The Morgan fingerprint density at radius 2 is 0.933 bits per heavy atom. The van der Waals surface area contributed by atoms with Crippen molar-refractivity contribution in [2.45, 2.75) is 274 Å². The molecule has 0 aromatic heterocycles. The van der Waals surface area contributed by atoms with E-state index in [2.05, 4.69) is 92.1 Å². The first-order valence-electron chi connectivity index (χ1n) is 29.3. The van der Waals surface area contributed by atoms with Gasteiger partial charge in [0.15, 0.2) is 12.6 Å². The summed E-state index contributed by atoms with van der Waals surface area (Å²) in [5.41, 5.74) is 0. The maximum Gasteiger partial charge on any atom is 0.220 e. The van der Waals surface area contributed by atoms with E-state index >= 15 is 0 Å². The first-order valence-corrected chi connectivity index (χ1v) is 29.3. The highest BCUT2D eigenvalue weighted by molar-refractivity contribution is 5.76. The molecular formula is C61H105NO13. The molecule has 12 atom stereocenters. The van der Waals surface area contributed by atoms with Crippen LogP contribution in [0, 0.1) is 0 Å². The minimum Gasteiger partial charge on any atom is -0.394 e. The summed E-state index contributed by atoms with van der Waals surface area (Å²) in [5, 5.41) is 87.0. The average molecular weight is 1060 g/mol. The topological polar surface area (TPSA) is 228 Å². The molecule has 2 saturated heterocycles. The largest absolute Gasteiger partial charge is 0.394 e. The van der Waals surface area contributed by atoms with Crippen molar-refractivity contribution in [1.29, 1.82) is 0 Å². The standard InChI is InChI=1S/C61H105NO13/c1-3-5-7-9-11-13-15-17-19-20-21-22-23-24-25-26-27-28-29-30-31-33-35-37-39-41-43-45-53(66)62-49(50(65)44-42-40-38-36-34-32-18-16-14-12-10-8-6-4-2)48-72-60-58(71)56(69)59(52(47-64)74-60)75-61-57(70)55(68)54(67)51(46-63)73-61/h5,7,11,13,17,19,21-22,24-25,34,36,42,44,49-52,54-61,63-65,67-71H,3-4,6,8-10,12,14-16,18,20,23,26-33,35,37-41,43,45-48H2,1-2H3,(H,62,66)/b7-5-,13-11-,19-17-,22-21-,25-24-,36-34+,44-42+. The summed E-state index contributed by atoms with van der Waals surface area (Å²) < 4.78 is 22.7. The van der Waals surface area contributed by atoms with Crippen molar-refractivity contribution in [3.05, 3.63) is 85.1 Å². The van der Waals surface area contributed by atoms with E-state index in [0.29, 0.717) is 12.8 Å². The lowest BCUT2D eigenvalue weighted by atomic mass is 9.97. The van der Waals surface area contributed by atoms with Gasteiger partial charge in [-0.2, -0.15) is 0 Å². The monoisotopic (exact) mass is 1060 g/mol. The molecule has 2 heterocycles. The number of carbonyl (C=O) groups excluding carboxylic acids is 1. The Morgan fingerprint density at radius 3 is 1.47 bits per heavy atom. The van der Waals surface area contributed by atoms with Crippen LogP contribution in [-0.2, 0) is 23.7 Å². The molecule has 0 bridgehead atoms. The molecular weight excluding hydrogens is 955 g/mol. The van der Waals surface area contributed by atoms with Gasteiger partial charge < -0.3 is 65.1 Å². The Bertz CT molecular complexity index is 1580. The summed E-state index contributed by atoms with van der Waals surface area (Å²) in [6, 6.07) is -0.937. The molecule has 2 fully saturated rings. The van der Waals surface area contributed by atoms with Crippen LogP contribution in [0.5, 0.6) is 0 Å². The summed E-state index contributed by atoms with van der Waals surface area (Å²) in [7, 11) is 0. The van der Waals surface area contributed by atoms with Crippen LogP contribution in [0.3, 0.4) is 0 Å². The molecule has 2 aliphatic rings. The average Bonchev–Trinajstić information content (AvgIpc) is 3.41. The highest BCUT2D eigenvalue weighted by atomic mass is 16.7. The van der Waals surface area contributed by atoms with Gasteiger partial charge in [-0.15, -0.1) is 0 Å². The van der Waals surface area contributed by atoms with Gasteiger partial charge in [-0.25, -0.2) is 0 Å². The third-order valence-electron chi connectivity index (χ3n) is 13.8. The molecule has 2 aliphatic heterocycles. The second kappa shape index (κ2) is 46.1. The van der Waals surface area contributed by atoms with Crippen molar-refractivity contribution in [2.75, 3.05) is 19.8 Å². The van der Waals surface area contributed by atoms with E-state index in [1.165, 1.54) is 96.3 Å². The molecule has 432 valence electrons. The normalized spacial score (nSPS) is 25.7. The number of nitrogens with one attached hydrogen (secondary N) is 1.